The van der Waals surface area contributed by atoms with Crippen molar-refractivity contribution in [3.63, 3.8) is 0 Å². The molecular weight excluding hydrogens is 404 g/mol. The fourth-order valence-electron chi connectivity index (χ4n) is 4.38. The van der Waals surface area contributed by atoms with Gasteiger partial charge in [0.15, 0.2) is 5.76 Å². The molecule has 0 spiro atoms. The van der Waals surface area contributed by atoms with E-state index in [9.17, 15) is 13.2 Å². The van der Waals surface area contributed by atoms with Gasteiger partial charge < -0.3 is 9.84 Å². The Balaban J connectivity index is 1.34. The summed E-state index contributed by atoms with van der Waals surface area (Å²) in [5.74, 6) is 0.293. The monoisotopic (exact) mass is 432 g/mol. The highest BCUT2D eigenvalue weighted by atomic mass is 32.2. The molecule has 0 atom stereocenters. The van der Waals surface area contributed by atoms with Gasteiger partial charge in [-0.25, -0.2) is 8.42 Å². The molecule has 0 radical (unpaired) electrons. The molecule has 0 unspecified atom stereocenters. The van der Waals surface area contributed by atoms with Crippen LogP contribution < -0.4 is 5.32 Å². The Hall–Kier alpha value is -2.23. The highest BCUT2D eigenvalue weighted by Crippen LogP contribution is 2.41. The maximum atomic E-state index is 12.9. The molecule has 1 aliphatic heterocycles. The zero-order chi connectivity index (χ0) is 21.4. The third-order valence-electron chi connectivity index (χ3n) is 6.18. The number of sulfonamides is 1. The quantitative estimate of drug-likeness (QED) is 0.748. The maximum absolute atomic E-state index is 12.9. The highest BCUT2D eigenvalue weighted by Gasteiger charge is 2.40. The van der Waals surface area contributed by atoms with Crippen LogP contribution in [0.5, 0.6) is 0 Å². The van der Waals surface area contributed by atoms with Gasteiger partial charge >= 0.3 is 0 Å². The van der Waals surface area contributed by atoms with Crippen LogP contribution in [0.25, 0.3) is 0 Å². The summed E-state index contributed by atoms with van der Waals surface area (Å²) in [6.45, 7) is 5.20. The first-order valence-corrected chi connectivity index (χ1v) is 11.8. The van der Waals surface area contributed by atoms with Crippen LogP contribution in [-0.2, 0) is 20.4 Å². The summed E-state index contributed by atoms with van der Waals surface area (Å²) >= 11 is 0. The van der Waals surface area contributed by atoms with Crippen LogP contribution in [0.3, 0.4) is 0 Å². The van der Waals surface area contributed by atoms with Gasteiger partial charge in [-0.1, -0.05) is 35.5 Å². The molecule has 1 aromatic heterocycles. The van der Waals surface area contributed by atoms with Crippen LogP contribution >= 0.6 is 0 Å². The molecule has 9 heteroatoms. The van der Waals surface area contributed by atoms with E-state index < -0.39 is 10.0 Å². The largest absolute Gasteiger partial charge is 0.360 e. The Morgan fingerprint density at radius 3 is 2.33 bits per heavy atom. The predicted molar refractivity (Wildman–Crippen MR) is 111 cm³/mol. The van der Waals surface area contributed by atoms with Crippen molar-refractivity contribution in [2.45, 2.75) is 43.5 Å². The summed E-state index contributed by atoms with van der Waals surface area (Å²) in [6, 6.07) is 10.1. The van der Waals surface area contributed by atoms with E-state index in [-0.39, 0.29) is 22.9 Å². The fraction of sp³-hybridized carbons (Fsp3) is 0.524. The van der Waals surface area contributed by atoms with Crippen LogP contribution in [0.1, 0.15) is 36.3 Å². The van der Waals surface area contributed by atoms with E-state index >= 15 is 0 Å². The smallest absolute Gasteiger partial charge is 0.248 e. The molecule has 8 nitrogen and oxygen atoms in total. The minimum atomic E-state index is -3.64. The zero-order valence-electron chi connectivity index (χ0n) is 17.4. The number of nitrogens with zero attached hydrogens (tertiary/aromatic N) is 3. The number of rotatable bonds is 6. The molecule has 1 saturated heterocycles. The minimum Gasteiger partial charge on any atom is -0.360 e. The van der Waals surface area contributed by atoms with Crippen molar-refractivity contribution in [2.24, 2.45) is 0 Å². The number of aromatic nitrogens is 1. The van der Waals surface area contributed by atoms with Gasteiger partial charge in [-0.2, -0.15) is 4.31 Å². The lowest BCUT2D eigenvalue weighted by Crippen LogP contribution is -2.55. The second kappa shape index (κ2) is 8.13. The van der Waals surface area contributed by atoms with Gasteiger partial charge in [-0.15, -0.1) is 0 Å². The SMILES string of the molecule is Cc1noc(C)c1S(=O)(=O)N1CCN(CC(=O)NC2(c3ccccc3)CCC2)CC1. The molecule has 1 N–H and O–H groups in total. The van der Waals surface area contributed by atoms with Gasteiger partial charge in [0.25, 0.3) is 0 Å². The molecule has 4 rings (SSSR count). The first kappa shape index (κ1) is 21.0. The molecule has 1 saturated carbocycles. The van der Waals surface area contributed by atoms with Crippen molar-refractivity contribution < 1.29 is 17.7 Å². The van der Waals surface area contributed by atoms with Gasteiger partial charge in [-0.3, -0.25) is 9.69 Å². The second-order valence-electron chi connectivity index (χ2n) is 8.18. The van der Waals surface area contributed by atoms with Crippen LogP contribution in [0, 0.1) is 13.8 Å². The van der Waals surface area contributed by atoms with Crippen LogP contribution in [-0.4, -0.2) is 61.4 Å². The number of carbonyl (C=O) groups excluding carboxylic acids is 1. The van der Waals surface area contributed by atoms with Crippen molar-refractivity contribution in [1.82, 2.24) is 19.7 Å². The Kier molecular flexibility index (Phi) is 5.69. The molecule has 1 aliphatic carbocycles. The van der Waals surface area contributed by atoms with E-state index in [0.717, 1.165) is 24.8 Å². The molecule has 2 aromatic rings. The van der Waals surface area contributed by atoms with Crippen molar-refractivity contribution in [2.75, 3.05) is 32.7 Å². The fourth-order valence-corrected chi connectivity index (χ4v) is 6.10. The van der Waals surface area contributed by atoms with Gasteiger partial charge in [-0.05, 0) is 38.7 Å². The van der Waals surface area contributed by atoms with E-state index in [0.29, 0.717) is 37.6 Å². The number of benzene rings is 1. The lowest BCUT2D eigenvalue weighted by molar-refractivity contribution is -0.125. The summed E-state index contributed by atoms with van der Waals surface area (Å²) < 4.78 is 32.4. The topological polar surface area (TPSA) is 95.8 Å². The average Bonchev–Trinajstić information content (AvgIpc) is 3.05. The van der Waals surface area contributed by atoms with Crippen molar-refractivity contribution >= 4 is 15.9 Å². The third kappa shape index (κ3) is 3.89. The minimum absolute atomic E-state index is 0.0133. The first-order valence-electron chi connectivity index (χ1n) is 10.3. The molecule has 1 amide bonds. The van der Waals surface area contributed by atoms with Gasteiger partial charge in [0.2, 0.25) is 15.9 Å². The first-order chi connectivity index (χ1) is 14.3. The summed E-state index contributed by atoms with van der Waals surface area (Å²) in [4.78, 5) is 14.9. The van der Waals surface area contributed by atoms with E-state index in [4.69, 9.17) is 4.52 Å². The van der Waals surface area contributed by atoms with Crippen molar-refractivity contribution in [3.05, 3.63) is 47.3 Å². The molecule has 2 fully saturated rings. The zero-order valence-corrected chi connectivity index (χ0v) is 18.2. The molecule has 0 bridgehead atoms. The average molecular weight is 433 g/mol. The van der Waals surface area contributed by atoms with Gasteiger partial charge in [0, 0.05) is 26.2 Å². The number of piperazine rings is 1. The van der Waals surface area contributed by atoms with Crippen molar-refractivity contribution in [3.8, 4) is 0 Å². The summed E-state index contributed by atoms with van der Waals surface area (Å²) in [6.07, 6.45) is 3.01. The molecule has 30 heavy (non-hydrogen) atoms. The van der Waals surface area contributed by atoms with Crippen molar-refractivity contribution in [1.29, 1.82) is 0 Å². The Morgan fingerprint density at radius 2 is 1.80 bits per heavy atom. The predicted octanol–water partition coefficient (Wildman–Crippen LogP) is 1.79. The number of aryl methyl sites for hydroxylation is 2. The van der Waals surface area contributed by atoms with E-state index in [1.807, 2.05) is 23.1 Å². The van der Waals surface area contributed by atoms with Gasteiger partial charge in [0.1, 0.15) is 10.6 Å². The standard InChI is InChI=1S/C21H28N4O4S/c1-16-20(17(2)29-23-16)30(27,28)25-13-11-24(12-14-25)15-19(26)22-21(9-6-10-21)18-7-4-3-5-8-18/h3-5,7-8H,6,9-15H2,1-2H3,(H,22,26). The number of hydrogen-bond acceptors (Lipinski definition) is 6. The number of carbonyl (C=O) groups is 1. The molecule has 2 aliphatic rings. The lowest BCUT2D eigenvalue weighted by atomic mass is 9.72. The Morgan fingerprint density at radius 1 is 1.13 bits per heavy atom. The third-order valence-corrected chi connectivity index (χ3v) is 8.32. The molecule has 1 aromatic carbocycles. The Bertz CT molecular complexity index is 987. The lowest BCUT2D eigenvalue weighted by Gasteiger charge is -2.43. The second-order valence-corrected chi connectivity index (χ2v) is 10.1. The van der Waals surface area contributed by atoms with Gasteiger partial charge in [0.05, 0.1) is 12.1 Å². The van der Waals surface area contributed by atoms with Crippen LogP contribution in [0.15, 0.2) is 39.8 Å². The summed E-state index contributed by atoms with van der Waals surface area (Å²) in [7, 11) is -3.64. The normalized spacial score (nSPS) is 19.9. The van der Waals surface area contributed by atoms with E-state index in [1.54, 1.807) is 13.8 Å². The maximum Gasteiger partial charge on any atom is 0.248 e. The highest BCUT2D eigenvalue weighted by molar-refractivity contribution is 7.89. The Labute approximate surface area is 177 Å². The summed E-state index contributed by atoms with van der Waals surface area (Å²) in [5, 5.41) is 7.00. The molecule has 2 heterocycles. The number of nitrogens with one attached hydrogen (secondary N) is 1. The number of hydrogen-bond donors (Lipinski definition) is 1. The number of amides is 1. The van der Waals surface area contributed by atoms with E-state index in [2.05, 4.69) is 22.6 Å². The van der Waals surface area contributed by atoms with Crippen LogP contribution in [0.4, 0.5) is 0 Å². The molecule has 162 valence electrons. The summed E-state index contributed by atoms with van der Waals surface area (Å²) in [5.41, 5.74) is 1.27. The van der Waals surface area contributed by atoms with E-state index in [1.165, 1.54) is 4.31 Å². The van der Waals surface area contributed by atoms with Crippen LogP contribution in [0.2, 0.25) is 0 Å². The molecular formula is C21H28N4O4S.